The molecule has 0 bridgehead atoms. The number of rotatable bonds is 4. The summed E-state index contributed by atoms with van der Waals surface area (Å²) in [5.74, 6) is -3.79. The van der Waals surface area contributed by atoms with Crippen LogP contribution in [-0.4, -0.2) is 39.3 Å². The van der Waals surface area contributed by atoms with Crippen molar-refractivity contribution in [1.29, 1.82) is 0 Å². The topological polar surface area (TPSA) is 81.2 Å². The van der Waals surface area contributed by atoms with Gasteiger partial charge in [0.1, 0.15) is 6.10 Å². The first kappa shape index (κ1) is 21.8. The number of nitrogens with zero attached hydrogens (tertiary/aromatic N) is 2. The second kappa shape index (κ2) is 8.61. The first-order valence-corrected chi connectivity index (χ1v) is 10.6. The number of halogens is 4. The summed E-state index contributed by atoms with van der Waals surface area (Å²) >= 11 is 12.0. The molecule has 31 heavy (non-hydrogen) atoms. The van der Waals surface area contributed by atoms with Gasteiger partial charge in [0.15, 0.2) is 0 Å². The van der Waals surface area contributed by atoms with Gasteiger partial charge in [0.2, 0.25) is 0 Å². The summed E-state index contributed by atoms with van der Waals surface area (Å²) in [4.78, 5) is 14.2. The van der Waals surface area contributed by atoms with Crippen molar-refractivity contribution in [3.8, 4) is 0 Å². The number of benzene rings is 2. The Labute approximate surface area is 187 Å². The number of aromatic amines is 1. The van der Waals surface area contributed by atoms with E-state index in [1.807, 2.05) is 0 Å². The lowest BCUT2D eigenvalue weighted by molar-refractivity contribution is -0.116. The van der Waals surface area contributed by atoms with Crippen LogP contribution in [0.5, 0.6) is 0 Å². The summed E-state index contributed by atoms with van der Waals surface area (Å²) in [5.41, 5.74) is -0.576. The highest BCUT2D eigenvalue weighted by atomic mass is 35.5. The largest absolute Gasteiger partial charge is 0.382 e. The number of alkyl halides is 2. The van der Waals surface area contributed by atoms with Crippen LogP contribution in [0.1, 0.15) is 36.5 Å². The highest BCUT2D eigenvalue weighted by Crippen LogP contribution is 2.46. The molecule has 6 nitrogen and oxygen atoms in total. The molecule has 1 fully saturated rings. The fourth-order valence-electron chi connectivity index (χ4n) is 3.80. The van der Waals surface area contributed by atoms with E-state index < -0.39 is 23.6 Å². The number of hydrogen-bond donors (Lipinski definition) is 3. The van der Waals surface area contributed by atoms with Crippen LogP contribution in [0.4, 0.5) is 19.3 Å². The Kier molecular flexibility index (Phi) is 6.05. The summed E-state index contributed by atoms with van der Waals surface area (Å²) in [6.45, 7) is 1.13. The summed E-state index contributed by atoms with van der Waals surface area (Å²) in [5, 5.41) is 20.5. The number of amides is 2. The predicted octanol–water partition coefficient (Wildman–Crippen LogP) is 5.71. The molecule has 164 valence electrons. The lowest BCUT2D eigenvalue weighted by Gasteiger charge is -2.29. The number of carbonyl (C=O) groups excluding carboxylic acids is 1. The molecule has 1 saturated heterocycles. The second-order valence-corrected chi connectivity index (χ2v) is 8.40. The molecule has 3 aromatic rings. The first-order chi connectivity index (χ1) is 14.8. The molecule has 2 aromatic carbocycles. The molecule has 0 saturated carbocycles. The molecular weight excluding hydrogens is 449 g/mol. The Morgan fingerprint density at radius 3 is 2.65 bits per heavy atom. The number of hydrogen-bond acceptors (Lipinski definition) is 3. The van der Waals surface area contributed by atoms with Crippen molar-refractivity contribution in [2.45, 2.75) is 31.3 Å². The zero-order chi connectivity index (χ0) is 22.2. The predicted molar refractivity (Wildman–Crippen MR) is 116 cm³/mol. The molecule has 1 unspecified atom stereocenters. The monoisotopic (exact) mass is 468 g/mol. The molecule has 10 heteroatoms. The number of likely N-dealkylation sites (tertiary alicyclic amines) is 1. The number of aliphatic hydroxyl groups excluding tert-OH is 1. The molecule has 0 radical (unpaired) electrons. The average molecular weight is 469 g/mol. The maximum absolute atomic E-state index is 15.6. The van der Waals surface area contributed by atoms with Crippen LogP contribution in [0.2, 0.25) is 10.0 Å². The van der Waals surface area contributed by atoms with Crippen LogP contribution in [0.15, 0.2) is 36.5 Å². The zero-order valence-corrected chi connectivity index (χ0v) is 17.9. The molecule has 2 heterocycles. The van der Waals surface area contributed by atoms with Crippen molar-refractivity contribution in [1.82, 2.24) is 15.1 Å². The zero-order valence-electron chi connectivity index (χ0n) is 16.3. The van der Waals surface area contributed by atoms with Gasteiger partial charge in [-0.05, 0) is 49.6 Å². The number of carbonyl (C=O) groups is 1. The third-order valence-electron chi connectivity index (χ3n) is 5.41. The summed E-state index contributed by atoms with van der Waals surface area (Å²) < 4.78 is 31.2. The number of urea groups is 1. The van der Waals surface area contributed by atoms with Crippen molar-refractivity contribution in [2.24, 2.45) is 0 Å². The van der Waals surface area contributed by atoms with E-state index in [0.717, 1.165) is 25.3 Å². The van der Waals surface area contributed by atoms with Crippen molar-refractivity contribution in [3.05, 3.63) is 57.7 Å². The molecular formula is C21H20Cl2F2N4O2. The van der Waals surface area contributed by atoms with Crippen LogP contribution in [-0.2, 0) is 5.92 Å². The molecule has 1 aliphatic heterocycles. The molecule has 3 N–H and O–H groups in total. The Bertz CT molecular complexity index is 1120. The van der Waals surface area contributed by atoms with Gasteiger partial charge in [-0.25, -0.2) is 4.79 Å². The minimum atomic E-state index is -3.79. The number of aromatic nitrogens is 2. The van der Waals surface area contributed by atoms with E-state index in [0.29, 0.717) is 18.5 Å². The average Bonchev–Trinajstić information content (AvgIpc) is 3.22. The Hall–Kier alpha value is -2.42. The minimum Gasteiger partial charge on any atom is -0.382 e. The Balaban J connectivity index is 1.70. The van der Waals surface area contributed by atoms with Crippen LogP contribution < -0.4 is 5.32 Å². The number of piperidine rings is 1. The maximum Gasteiger partial charge on any atom is 0.321 e. The summed E-state index contributed by atoms with van der Waals surface area (Å²) in [7, 11) is 0. The van der Waals surface area contributed by atoms with Gasteiger partial charge in [-0.1, -0.05) is 23.2 Å². The normalized spacial score (nSPS) is 15.8. The number of anilines is 1. The number of aliphatic hydroxyl groups is 1. The van der Waals surface area contributed by atoms with Crippen LogP contribution in [0.3, 0.4) is 0 Å². The fourth-order valence-corrected chi connectivity index (χ4v) is 4.21. The molecule has 0 aliphatic carbocycles. The van der Waals surface area contributed by atoms with Gasteiger partial charge >= 0.3 is 12.0 Å². The van der Waals surface area contributed by atoms with Gasteiger partial charge in [0, 0.05) is 39.6 Å². The lowest BCUT2D eigenvalue weighted by Crippen LogP contribution is -2.39. The van der Waals surface area contributed by atoms with E-state index in [2.05, 4.69) is 15.5 Å². The molecule has 0 spiro atoms. The van der Waals surface area contributed by atoms with Gasteiger partial charge in [-0.15, -0.1) is 0 Å². The lowest BCUT2D eigenvalue weighted by atomic mass is 9.94. The molecule has 4 rings (SSSR count). The van der Waals surface area contributed by atoms with E-state index in [9.17, 15) is 9.90 Å². The van der Waals surface area contributed by atoms with Gasteiger partial charge in [-0.3, -0.25) is 5.10 Å². The van der Waals surface area contributed by atoms with Gasteiger partial charge < -0.3 is 15.3 Å². The van der Waals surface area contributed by atoms with Crippen molar-refractivity contribution >= 4 is 45.8 Å². The van der Waals surface area contributed by atoms with E-state index in [-0.39, 0.29) is 26.8 Å². The number of fused-ring (bicyclic) bond motifs is 1. The SMILES string of the molecule is O=C(Nc1ccc(Cl)cc1C(F)(F)C(O)c1cc(Cl)cc2cn[nH]c12)N1CCCCC1. The van der Waals surface area contributed by atoms with Gasteiger partial charge in [0.05, 0.1) is 17.4 Å². The standard InChI is InChI=1S/C21H20Cl2F2N4O2/c22-13-4-5-17(27-20(31)29-6-2-1-3-7-29)16(10-13)21(24,25)19(30)15-9-14(23)8-12-11-26-28-18(12)15/h4-5,8-11,19,30H,1-3,6-7H2,(H,26,28)(H,27,31). The second-order valence-electron chi connectivity index (χ2n) is 7.52. The van der Waals surface area contributed by atoms with Crippen molar-refractivity contribution < 1.29 is 18.7 Å². The van der Waals surface area contributed by atoms with Crippen molar-refractivity contribution in [3.63, 3.8) is 0 Å². The van der Waals surface area contributed by atoms with E-state index in [1.54, 1.807) is 11.0 Å². The van der Waals surface area contributed by atoms with E-state index >= 15 is 8.78 Å². The fraction of sp³-hybridized carbons (Fsp3) is 0.333. The highest BCUT2D eigenvalue weighted by molar-refractivity contribution is 6.31. The Morgan fingerprint density at radius 1 is 1.16 bits per heavy atom. The smallest absolute Gasteiger partial charge is 0.321 e. The minimum absolute atomic E-state index is 0.0515. The molecule has 2 amide bonds. The molecule has 1 aliphatic rings. The third kappa shape index (κ3) is 4.33. The highest BCUT2D eigenvalue weighted by Gasteiger charge is 2.44. The molecule has 1 aromatic heterocycles. The van der Waals surface area contributed by atoms with Gasteiger partial charge in [-0.2, -0.15) is 13.9 Å². The molecule has 1 atom stereocenters. The maximum atomic E-state index is 15.6. The first-order valence-electron chi connectivity index (χ1n) is 9.81. The van der Waals surface area contributed by atoms with Gasteiger partial charge in [0.25, 0.3) is 0 Å². The number of nitrogens with one attached hydrogen (secondary N) is 2. The van der Waals surface area contributed by atoms with Crippen LogP contribution in [0, 0.1) is 0 Å². The summed E-state index contributed by atoms with van der Waals surface area (Å²) in [6, 6.07) is 6.11. The number of H-pyrrole nitrogens is 1. The third-order valence-corrected chi connectivity index (χ3v) is 5.86. The van der Waals surface area contributed by atoms with Crippen molar-refractivity contribution in [2.75, 3.05) is 18.4 Å². The van der Waals surface area contributed by atoms with E-state index in [4.69, 9.17) is 23.2 Å². The Morgan fingerprint density at radius 2 is 1.90 bits per heavy atom. The van der Waals surface area contributed by atoms with Crippen LogP contribution >= 0.6 is 23.2 Å². The van der Waals surface area contributed by atoms with Crippen LogP contribution in [0.25, 0.3) is 10.9 Å². The summed E-state index contributed by atoms with van der Waals surface area (Å²) in [6.07, 6.45) is 1.93. The van der Waals surface area contributed by atoms with E-state index in [1.165, 1.54) is 24.4 Å². The quantitative estimate of drug-likeness (QED) is 0.458.